The molecule has 0 unspecified atom stereocenters. The fourth-order valence-electron chi connectivity index (χ4n) is 1.29. The Bertz CT molecular complexity index is 508. The van der Waals surface area contributed by atoms with Crippen molar-refractivity contribution in [2.45, 2.75) is 0 Å². The van der Waals surface area contributed by atoms with E-state index in [1.807, 2.05) is 6.07 Å². The molecule has 2 heterocycles. The molecule has 0 aliphatic rings. The average Bonchev–Trinajstić information content (AvgIpc) is 2.30. The van der Waals surface area contributed by atoms with Crippen molar-refractivity contribution in [3.8, 4) is 17.0 Å². The van der Waals surface area contributed by atoms with E-state index in [0.29, 0.717) is 5.69 Å². The van der Waals surface area contributed by atoms with E-state index in [2.05, 4.69) is 15.0 Å². The van der Waals surface area contributed by atoms with Gasteiger partial charge in [-0.25, -0.2) is 4.98 Å². The molecule has 2 aromatic heterocycles. The lowest BCUT2D eigenvalue weighted by atomic mass is 10.2. The van der Waals surface area contributed by atoms with Crippen LogP contribution >= 0.6 is 0 Å². The fourth-order valence-corrected chi connectivity index (χ4v) is 1.29. The van der Waals surface area contributed by atoms with Crippen LogP contribution in [-0.4, -0.2) is 22.1 Å². The molecule has 0 saturated carbocycles. The molecule has 0 bridgehead atoms. The zero-order valence-electron chi connectivity index (χ0n) is 8.10. The number of methoxy groups -OCH3 is 1. The van der Waals surface area contributed by atoms with Gasteiger partial charge >= 0.3 is 0 Å². The fraction of sp³-hybridized carbons (Fsp3) is 0.100. The Hall–Kier alpha value is -2.17. The first-order valence-electron chi connectivity index (χ1n) is 4.35. The number of nitrogens with one attached hydrogen (secondary N) is 1. The van der Waals surface area contributed by atoms with Crippen molar-refractivity contribution in [2.24, 2.45) is 0 Å². The second kappa shape index (κ2) is 3.91. The van der Waals surface area contributed by atoms with Crippen LogP contribution in [0.2, 0.25) is 0 Å². The smallest absolute Gasteiger partial charge is 0.293 e. The quantitative estimate of drug-likeness (QED) is 0.785. The minimum absolute atomic E-state index is 0.200. The molecule has 15 heavy (non-hydrogen) atoms. The Labute approximate surface area is 85.8 Å². The number of hydrogen-bond donors (Lipinski definition) is 1. The van der Waals surface area contributed by atoms with Crippen LogP contribution in [0.15, 0.2) is 35.6 Å². The van der Waals surface area contributed by atoms with E-state index in [-0.39, 0.29) is 11.3 Å². The van der Waals surface area contributed by atoms with Crippen LogP contribution in [0.1, 0.15) is 0 Å². The van der Waals surface area contributed by atoms with Gasteiger partial charge in [-0.05, 0) is 12.1 Å². The van der Waals surface area contributed by atoms with Crippen molar-refractivity contribution in [2.75, 3.05) is 7.11 Å². The first-order valence-corrected chi connectivity index (χ1v) is 4.35. The van der Waals surface area contributed by atoms with Crippen molar-refractivity contribution < 1.29 is 4.74 Å². The summed E-state index contributed by atoms with van der Waals surface area (Å²) in [6, 6.07) is 3.59. The number of aromatic amines is 1. The normalized spacial score (nSPS) is 9.93. The summed E-state index contributed by atoms with van der Waals surface area (Å²) in [5.74, 6) is 0.200. The largest absolute Gasteiger partial charge is 0.490 e. The highest BCUT2D eigenvalue weighted by molar-refractivity contribution is 5.64. The molecule has 0 spiro atoms. The van der Waals surface area contributed by atoms with E-state index in [1.165, 1.54) is 13.4 Å². The number of H-pyrrole nitrogens is 1. The van der Waals surface area contributed by atoms with Crippen LogP contribution in [0.25, 0.3) is 11.3 Å². The molecule has 0 aliphatic carbocycles. The molecule has 1 N–H and O–H groups in total. The van der Waals surface area contributed by atoms with Gasteiger partial charge in [0.1, 0.15) is 5.69 Å². The van der Waals surface area contributed by atoms with Gasteiger partial charge in [-0.15, -0.1) is 0 Å². The van der Waals surface area contributed by atoms with Gasteiger partial charge in [-0.1, -0.05) is 0 Å². The van der Waals surface area contributed by atoms with Gasteiger partial charge in [-0.3, -0.25) is 9.78 Å². The summed E-state index contributed by atoms with van der Waals surface area (Å²) in [5.41, 5.74) is 0.946. The minimum atomic E-state index is -0.300. The number of rotatable bonds is 2. The van der Waals surface area contributed by atoms with Gasteiger partial charge in [0, 0.05) is 18.0 Å². The standard InChI is InChI=1S/C10H9N3O2/c1-15-9-8(12-6-13-10(9)14)7-3-2-4-11-5-7/h2-6H,1H3,(H,12,13,14). The molecule has 5 nitrogen and oxygen atoms in total. The summed E-state index contributed by atoms with van der Waals surface area (Å²) in [4.78, 5) is 21.9. The molecule has 2 rings (SSSR count). The topological polar surface area (TPSA) is 67.9 Å². The highest BCUT2D eigenvalue weighted by Gasteiger charge is 2.10. The number of nitrogens with zero attached hydrogens (tertiary/aromatic N) is 2. The lowest BCUT2D eigenvalue weighted by Crippen LogP contribution is -2.11. The number of aromatic nitrogens is 3. The summed E-state index contributed by atoms with van der Waals surface area (Å²) in [5, 5.41) is 0. The van der Waals surface area contributed by atoms with Gasteiger partial charge in [0.25, 0.3) is 5.56 Å². The van der Waals surface area contributed by atoms with Gasteiger partial charge in [0.2, 0.25) is 5.75 Å². The molecular formula is C10H9N3O2. The highest BCUT2D eigenvalue weighted by Crippen LogP contribution is 2.21. The van der Waals surface area contributed by atoms with Crippen molar-refractivity contribution >= 4 is 0 Å². The van der Waals surface area contributed by atoms with Crippen molar-refractivity contribution in [1.29, 1.82) is 0 Å². The Morgan fingerprint density at radius 1 is 1.47 bits per heavy atom. The van der Waals surface area contributed by atoms with Crippen LogP contribution in [0.4, 0.5) is 0 Å². The van der Waals surface area contributed by atoms with Gasteiger partial charge < -0.3 is 9.72 Å². The van der Waals surface area contributed by atoms with Gasteiger partial charge in [0.05, 0.1) is 13.4 Å². The van der Waals surface area contributed by atoms with E-state index < -0.39 is 0 Å². The number of ether oxygens (including phenoxy) is 1. The predicted octanol–water partition coefficient (Wildman–Crippen LogP) is 0.840. The van der Waals surface area contributed by atoms with E-state index in [9.17, 15) is 4.79 Å². The molecule has 76 valence electrons. The average molecular weight is 203 g/mol. The molecule has 0 radical (unpaired) electrons. The molecule has 0 amide bonds. The molecule has 2 aromatic rings. The zero-order valence-corrected chi connectivity index (χ0v) is 8.10. The summed E-state index contributed by atoms with van der Waals surface area (Å²) in [6.45, 7) is 0. The summed E-state index contributed by atoms with van der Waals surface area (Å²) in [7, 11) is 1.44. The molecular weight excluding hydrogens is 194 g/mol. The second-order valence-corrected chi connectivity index (χ2v) is 2.86. The van der Waals surface area contributed by atoms with Gasteiger partial charge in [-0.2, -0.15) is 0 Å². The van der Waals surface area contributed by atoms with Crippen LogP contribution in [0, 0.1) is 0 Å². The first-order chi connectivity index (χ1) is 7.33. The van der Waals surface area contributed by atoms with E-state index >= 15 is 0 Å². The summed E-state index contributed by atoms with van der Waals surface area (Å²) >= 11 is 0. The maximum atomic E-state index is 11.4. The summed E-state index contributed by atoms with van der Waals surface area (Å²) < 4.78 is 5.00. The molecule has 0 saturated heterocycles. The molecule has 0 fully saturated rings. The number of hydrogen-bond acceptors (Lipinski definition) is 4. The third-order valence-electron chi connectivity index (χ3n) is 1.95. The highest BCUT2D eigenvalue weighted by atomic mass is 16.5. The second-order valence-electron chi connectivity index (χ2n) is 2.86. The molecule has 5 heteroatoms. The third-order valence-corrected chi connectivity index (χ3v) is 1.95. The molecule has 0 aromatic carbocycles. The summed E-state index contributed by atoms with van der Waals surface area (Å²) in [6.07, 6.45) is 4.63. The monoisotopic (exact) mass is 203 g/mol. The third kappa shape index (κ3) is 1.71. The van der Waals surface area contributed by atoms with Crippen LogP contribution in [0.5, 0.6) is 5.75 Å². The Balaban J connectivity index is 2.63. The Morgan fingerprint density at radius 2 is 2.33 bits per heavy atom. The zero-order chi connectivity index (χ0) is 10.7. The van der Waals surface area contributed by atoms with Crippen LogP contribution in [-0.2, 0) is 0 Å². The Kier molecular flexibility index (Phi) is 2.45. The number of pyridine rings is 1. The van der Waals surface area contributed by atoms with Gasteiger partial charge in [0.15, 0.2) is 0 Å². The maximum absolute atomic E-state index is 11.4. The first kappa shape index (κ1) is 9.39. The lowest BCUT2D eigenvalue weighted by Gasteiger charge is -2.04. The predicted molar refractivity (Wildman–Crippen MR) is 54.6 cm³/mol. The SMILES string of the molecule is COc1c(-c2cccnc2)nc[nH]c1=O. The van der Waals surface area contributed by atoms with E-state index in [1.54, 1.807) is 18.5 Å². The maximum Gasteiger partial charge on any atom is 0.293 e. The Morgan fingerprint density at radius 3 is 3.00 bits per heavy atom. The van der Waals surface area contributed by atoms with Crippen molar-refractivity contribution in [1.82, 2.24) is 15.0 Å². The lowest BCUT2D eigenvalue weighted by molar-refractivity contribution is 0.408. The van der Waals surface area contributed by atoms with Crippen LogP contribution in [0.3, 0.4) is 0 Å². The van der Waals surface area contributed by atoms with Crippen LogP contribution < -0.4 is 10.3 Å². The van der Waals surface area contributed by atoms with E-state index in [0.717, 1.165) is 5.56 Å². The minimum Gasteiger partial charge on any atom is -0.490 e. The van der Waals surface area contributed by atoms with E-state index in [4.69, 9.17) is 4.74 Å². The van der Waals surface area contributed by atoms with Crippen molar-refractivity contribution in [3.63, 3.8) is 0 Å². The molecule has 0 aliphatic heterocycles. The van der Waals surface area contributed by atoms with Crippen molar-refractivity contribution in [3.05, 3.63) is 41.2 Å². The molecule has 0 atom stereocenters.